The SMILES string of the molecule is CCCc1c(OC/C=C/COc2ccc(Sc3ccc(C(=O)O)cc3)cc2)ccc(C(C)=O)c1O. The second kappa shape index (κ2) is 12.7. The summed E-state index contributed by atoms with van der Waals surface area (Å²) in [6.07, 6.45) is 5.15. The van der Waals surface area contributed by atoms with Gasteiger partial charge in [-0.2, -0.15) is 0 Å². The average molecular weight is 493 g/mol. The average Bonchev–Trinajstić information content (AvgIpc) is 2.84. The summed E-state index contributed by atoms with van der Waals surface area (Å²) in [4.78, 5) is 24.6. The third kappa shape index (κ3) is 7.39. The number of phenols is 1. The van der Waals surface area contributed by atoms with E-state index >= 15 is 0 Å². The van der Waals surface area contributed by atoms with Crippen molar-refractivity contribution >= 4 is 23.5 Å². The van der Waals surface area contributed by atoms with Gasteiger partial charge in [0, 0.05) is 15.4 Å². The molecule has 35 heavy (non-hydrogen) atoms. The summed E-state index contributed by atoms with van der Waals surface area (Å²) in [6.45, 7) is 4.13. The van der Waals surface area contributed by atoms with E-state index in [1.807, 2.05) is 43.3 Å². The zero-order chi connectivity index (χ0) is 25.2. The van der Waals surface area contributed by atoms with Gasteiger partial charge in [0.15, 0.2) is 5.78 Å². The van der Waals surface area contributed by atoms with Crippen molar-refractivity contribution in [1.29, 1.82) is 0 Å². The maximum Gasteiger partial charge on any atom is 0.335 e. The molecule has 0 amide bonds. The Morgan fingerprint density at radius 3 is 2.06 bits per heavy atom. The zero-order valence-electron chi connectivity index (χ0n) is 19.7. The number of hydrogen-bond acceptors (Lipinski definition) is 6. The molecule has 0 spiro atoms. The first-order valence-electron chi connectivity index (χ1n) is 11.3. The topological polar surface area (TPSA) is 93.1 Å². The number of carboxylic acid groups (broad SMARTS) is 1. The number of aromatic hydroxyl groups is 1. The summed E-state index contributed by atoms with van der Waals surface area (Å²) in [5, 5.41) is 19.4. The summed E-state index contributed by atoms with van der Waals surface area (Å²) >= 11 is 1.54. The fourth-order valence-corrected chi connectivity index (χ4v) is 4.17. The number of carbonyl (C=O) groups excluding carboxylic acids is 1. The number of Topliss-reactive ketones (excluding diaryl/α,β-unsaturated/α-hetero) is 1. The highest BCUT2D eigenvalue weighted by Gasteiger charge is 2.15. The van der Waals surface area contributed by atoms with Gasteiger partial charge in [-0.15, -0.1) is 0 Å². The minimum absolute atomic E-state index is 0.00282. The van der Waals surface area contributed by atoms with E-state index in [9.17, 15) is 14.7 Å². The first kappa shape index (κ1) is 25.9. The molecule has 3 rings (SSSR count). The first-order chi connectivity index (χ1) is 16.9. The largest absolute Gasteiger partial charge is 0.507 e. The van der Waals surface area contributed by atoms with Crippen LogP contribution in [0.1, 0.15) is 46.5 Å². The molecule has 7 heteroatoms. The van der Waals surface area contributed by atoms with Crippen molar-refractivity contribution in [3.8, 4) is 17.2 Å². The lowest BCUT2D eigenvalue weighted by molar-refractivity contribution is 0.0696. The number of rotatable bonds is 12. The molecular formula is C28H28O6S. The summed E-state index contributed by atoms with van der Waals surface area (Å²) in [7, 11) is 0. The Morgan fingerprint density at radius 1 is 0.886 bits per heavy atom. The van der Waals surface area contributed by atoms with Gasteiger partial charge in [-0.05, 0) is 86.2 Å². The van der Waals surface area contributed by atoms with Crippen molar-refractivity contribution in [2.24, 2.45) is 0 Å². The van der Waals surface area contributed by atoms with E-state index in [2.05, 4.69) is 0 Å². The molecule has 6 nitrogen and oxygen atoms in total. The van der Waals surface area contributed by atoms with Crippen LogP contribution in [0.25, 0.3) is 0 Å². The monoisotopic (exact) mass is 492 g/mol. The molecular weight excluding hydrogens is 464 g/mol. The summed E-state index contributed by atoms with van der Waals surface area (Å²) in [5.74, 6) is 0.196. The third-order valence-corrected chi connectivity index (χ3v) is 6.14. The number of phenolic OH excluding ortho intramolecular Hbond substituents is 1. The summed E-state index contributed by atoms with van der Waals surface area (Å²) < 4.78 is 11.5. The minimum Gasteiger partial charge on any atom is -0.507 e. The van der Waals surface area contributed by atoms with Gasteiger partial charge < -0.3 is 19.7 Å². The number of carboxylic acids is 1. The number of hydrogen-bond donors (Lipinski definition) is 2. The van der Waals surface area contributed by atoms with Gasteiger partial charge in [0.2, 0.25) is 0 Å². The molecule has 3 aromatic carbocycles. The van der Waals surface area contributed by atoms with Crippen molar-refractivity contribution < 1.29 is 29.3 Å². The van der Waals surface area contributed by atoms with E-state index in [0.717, 1.165) is 22.0 Å². The van der Waals surface area contributed by atoms with Crippen LogP contribution in [0.3, 0.4) is 0 Å². The molecule has 0 unspecified atom stereocenters. The van der Waals surface area contributed by atoms with Crippen LogP contribution in [-0.2, 0) is 6.42 Å². The molecule has 0 heterocycles. The molecule has 0 saturated carbocycles. The van der Waals surface area contributed by atoms with Crippen molar-refractivity contribution in [2.45, 2.75) is 36.5 Å². The molecule has 0 aliphatic heterocycles. The molecule has 0 aromatic heterocycles. The van der Waals surface area contributed by atoms with Crippen LogP contribution in [0.2, 0.25) is 0 Å². The molecule has 0 bridgehead atoms. The van der Waals surface area contributed by atoms with Crippen molar-refractivity contribution in [3.63, 3.8) is 0 Å². The molecule has 0 radical (unpaired) electrons. The lowest BCUT2D eigenvalue weighted by Gasteiger charge is -2.13. The fraction of sp³-hybridized carbons (Fsp3) is 0.214. The Hall–Kier alpha value is -3.71. The quantitative estimate of drug-likeness (QED) is 0.223. The van der Waals surface area contributed by atoms with Gasteiger partial charge in [-0.25, -0.2) is 4.79 Å². The molecule has 0 atom stereocenters. The van der Waals surface area contributed by atoms with Gasteiger partial charge in [-0.3, -0.25) is 4.79 Å². The molecule has 0 fully saturated rings. The van der Waals surface area contributed by atoms with Gasteiger partial charge in [0.05, 0.1) is 11.1 Å². The Balaban J connectivity index is 1.47. The van der Waals surface area contributed by atoms with Crippen LogP contribution in [0.5, 0.6) is 17.2 Å². The molecule has 182 valence electrons. The smallest absolute Gasteiger partial charge is 0.335 e. The van der Waals surface area contributed by atoms with E-state index in [4.69, 9.17) is 14.6 Å². The molecule has 0 aliphatic carbocycles. The summed E-state index contributed by atoms with van der Waals surface area (Å²) in [6, 6.07) is 17.7. The number of ether oxygens (including phenoxy) is 2. The van der Waals surface area contributed by atoms with Crippen molar-refractivity contribution in [1.82, 2.24) is 0 Å². The third-order valence-electron chi connectivity index (χ3n) is 5.13. The molecule has 0 saturated heterocycles. The van der Waals surface area contributed by atoms with E-state index in [-0.39, 0.29) is 17.1 Å². The Kier molecular flexibility index (Phi) is 9.38. The minimum atomic E-state index is -0.937. The van der Waals surface area contributed by atoms with Gasteiger partial charge in [-0.1, -0.05) is 25.1 Å². The van der Waals surface area contributed by atoms with Crippen LogP contribution < -0.4 is 9.47 Å². The highest BCUT2D eigenvalue weighted by atomic mass is 32.2. The van der Waals surface area contributed by atoms with E-state index in [1.165, 1.54) is 6.92 Å². The van der Waals surface area contributed by atoms with Crippen LogP contribution in [0, 0.1) is 0 Å². The van der Waals surface area contributed by atoms with Crippen LogP contribution in [0.4, 0.5) is 0 Å². The van der Waals surface area contributed by atoms with Crippen molar-refractivity contribution in [2.75, 3.05) is 13.2 Å². The highest BCUT2D eigenvalue weighted by molar-refractivity contribution is 7.99. The Morgan fingerprint density at radius 2 is 1.49 bits per heavy atom. The van der Waals surface area contributed by atoms with E-state index < -0.39 is 5.97 Å². The second-order valence-corrected chi connectivity index (χ2v) is 8.89. The Labute approximate surface area is 209 Å². The van der Waals surface area contributed by atoms with Gasteiger partial charge in [0.25, 0.3) is 0 Å². The highest BCUT2D eigenvalue weighted by Crippen LogP contribution is 2.33. The zero-order valence-corrected chi connectivity index (χ0v) is 20.5. The standard InChI is InChI=1S/C28H28O6S/c1-3-6-25-26(16-15-24(19(2)29)27(25)30)34-18-5-4-17-33-21-9-13-23(14-10-21)35-22-11-7-20(8-12-22)28(31)32/h4-5,7-16,30H,3,6,17-18H2,1-2H3,(H,31,32)/b5-4+. The van der Waals surface area contributed by atoms with Crippen LogP contribution in [0.15, 0.2) is 82.6 Å². The Bertz CT molecular complexity index is 1180. The number of aromatic carboxylic acids is 1. The second-order valence-electron chi connectivity index (χ2n) is 7.74. The number of carbonyl (C=O) groups is 2. The van der Waals surface area contributed by atoms with Crippen molar-refractivity contribution in [3.05, 3.63) is 89.5 Å². The predicted molar refractivity (Wildman–Crippen MR) is 136 cm³/mol. The summed E-state index contributed by atoms with van der Waals surface area (Å²) in [5.41, 5.74) is 1.23. The van der Waals surface area contributed by atoms with Crippen LogP contribution in [-0.4, -0.2) is 35.2 Å². The predicted octanol–water partition coefficient (Wildman–Crippen LogP) is 6.41. The van der Waals surface area contributed by atoms with E-state index in [1.54, 1.807) is 48.2 Å². The number of ketones is 1. The van der Waals surface area contributed by atoms with E-state index in [0.29, 0.717) is 36.5 Å². The maximum atomic E-state index is 11.7. The fourth-order valence-electron chi connectivity index (χ4n) is 3.35. The molecule has 2 N–H and O–H groups in total. The maximum absolute atomic E-state index is 11.7. The lowest BCUT2D eigenvalue weighted by Crippen LogP contribution is -2.02. The first-order valence-corrected chi connectivity index (χ1v) is 12.1. The molecule has 0 aliphatic rings. The van der Waals surface area contributed by atoms with Gasteiger partial charge in [0.1, 0.15) is 30.5 Å². The molecule has 3 aromatic rings. The normalized spacial score (nSPS) is 10.9. The lowest BCUT2D eigenvalue weighted by atomic mass is 10.0. The number of benzene rings is 3. The van der Waals surface area contributed by atoms with Gasteiger partial charge >= 0.3 is 5.97 Å². The van der Waals surface area contributed by atoms with Crippen LogP contribution >= 0.6 is 11.8 Å².